The van der Waals surface area contributed by atoms with Crippen LogP contribution in [0.15, 0.2) is 66.7 Å². The van der Waals surface area contributed by atoms with Crippen LogP contribution in [-0.2, 0) is 11.2 Å². The summed E-state index contributed by atoms with van der Waals surface area (Å²) in [5, 5.41) is 6.55. The number of rotatable bonds is 10. The Morgan fingerprint density at radius 1 is 0.871 bits per heavy atom. The van der Waals surface area contributed by atoms with E-state index >= 15 is 0 Å². The average molecular weight is 441 g/mol. The van der Waals surface area contributed by atoms with E-state index in [1.165, 1.54) is 0 Å². The fourth-order valence-electron chi connectivity index (χ4n) is 2.97. The van der Waals surface area contributed by atoms with Crippen molar-refractivity contribution in [3.8, 4) is 23.0 Å². The van der Waals surface area contributed by atoms with Gasteiger partial charge in [-0.05, 0) is 48.4 Å². The quantitative estimate of drug-likeness (QED) is 0.468. The van der Waals surface area contributed by atoms with Crippen LogP contribution in [0.4, 0.5) is 5.69 Å². The van der Waals surface area contributed by atoms with Crippen LogP contribution in [0.1, 0.15) is 5.56 Å². The van der Waals surface area contributed by atoms with Gasteiger partial charge in [-0.1, -0.05) is 41.9 Å². The number of hydrogen-bond acceptors (Lipinski definition) is 5. The van der Waals surface area contributed by atoms with Crippen molar-refractivity contribution in [2.75, 3.05) is 32.6 Å². The Hall–Kier alpha value is -3.38. The van der Waals surface area contributed by atoms with Gasteiger partial charge in [-0.25, -0.2) is 0 Å². The molecule has 6 nitrogen and oxygen atoms in total. The third kappa shape index (κ3) is 6.30. The number of para-hydroxylation sites is 3. The van der Waals surface area contributed by atoms with Gasteiger partial charge in [-0.2, -0.15) is 0 Å². The van der Waals surface area contributed by atoms with Gasteiger partial charge >= 0.3 is 0 Å². The molecule has 0 unspecified atom stereocenters. The van der Waals surface area contributed by atoms with Gasteiger partial charge in [-0.3, -0.25) is 4.79 Å². The third-order valence-electron chi connectivity index (χ3n) is 4.57. The molecule has 1 amide bonds. The molecule has 3 aromatic carbocycles. The highest BCUT2D eigenvalue weighted by Crippen LogP contribution is 2.33. The molecular formula is C24H25ClN2O4. The van der Waals surface area contributed by atoms with E-state index in [-0.39, 0.29) is 12.5 Å². The van der Waals surface area contributed by atoms with Gasteiger partial charge in [0.05, 0.1) is 31.5 Å². The van der Waals surface area contributed by atoms with E-state index in [0.717, 1.165) is 5.56 Å². The molecule has 0 radical (unpaired) electrons. The number of amides is 1. The van der Waals surface area contributed by atoms with Crippen LogP contribution in [-0.4, -0.2) is 33.2 Å². The maximum atomic E-state index is 12.3. The van der Waals surface area contributed by atoms with E-state index in [9.17, 15) is 4.79 Å². The molecule has 7 heteroatoms. The van der Waals surface area contributed by atoms with Crippen molar-refractivity contribution < 1.29 is 19.0 Å². The van der Waals surface area contributed by atoms with Gasteiger partial charge in [0.2, 0.25) is 5.91 Å². The molecule has 2 N–H and O–H groups in total. The zero-order valence-corrected chi connectivity index (χ0v) is 18.2. The molecule has 0 spiro atoms. The maximum absolute atomic E-state index is 12.3. The second-order valence-corrected chi connectivity index (χ2v) is 7.08. The second kappa shape index (κ2) is 11.1. The Morgan fingerprint density at radius 3 is 2.32 bits per heavy atom. The molecule has 3 aromatic rings. The van der Waals surface area contributed by atoms with Crippen LogP contribution < -0.4 is 24.8 Å². The first-order valence-electron chi connectivity index (χ1n) is 9.83. The standard InChI is InChI=1S/C24H25ClN2O4/c1-29-22-12-11-17(15-23(22)30-2)13-14-26-24(28)16-27-19-8-4-6-10-21(19)31-20-9-5-3-7-18(20)25/h3-12,15,27H,13-14,16H2,1-2H3,(H,26,28). The summed E-state index contributed by atoms with van der Waals surface area (Å²) in [5.41, 5.74) is 1.75. The highest BCUT2D eigenvalue weighted by molar-refractivity contribution is 6.32. The Kier molecular flexibility index (Phi) is 8.01. The third-order valence-corrected chi connectivity index (χ3v) is 4.88. The predicted octanol–water partition coefficient (Wildman–Crippen LogP) is 4.92. The minimum absolute atomic E-state index is 0.118. The number of anilines is 1. The van der Waals surface area contributed by atoms with Gasteiger partial charge in [0.25, 0.3) is 0 Å². The molecular weight excluding hydrogens is 416 g/mol. The Bertz CT molecular complexity index is 1030. The average Bonchev–Trinajstić information content (AvgIpc) is 2.80. The first-order valence-corrected chi connectivity index (χ1v) is 10.2. The summed E-state index contributed by atoms with van der Waals surface area (Å²) in [6.07, 6.45) is 0.679. The summed E-state index contributed by atoms with van der Waals surface area (Å²) in [7, 11) is 3.20. The molecule has 0 bridgehead atoms. The normalized spacial score (nSPS) is 10.3. The molecule has 0 saturated heterocycles. The fraction of sp³-hybridized carbons (Fsp3) is 0.208. The summed E-state index contributed by atoms with van der Waals surface area (Å²) in [4.78, 5) is 12.3. The van der Waals surface area contributed by atoms with Crippen molar-refractivity contribution in [2.45, 2.75) is 6.42 Å². The SMILES string of the molecule is COc1ccc(CCNC(=O)CNc2ccccc2Oc2ccccc2Cl)cc1OC. The zero-order chi connectivity index (χ0) is 22.1. The highest BCUT2D eigenvalue weighted by Gasteiger charge is 2.09. The second-order valence-electron chi connectivity index (χ2n) is 6.67. The maximum Gasteiger partial charge on any atom is 0.239 e. The van der Waals surface area contributed by atoms with Crippen LogP contribution in [0.3, 0.4) is 0 Å². The molecule has 0 saturated carbocycles. The lowest BCUT2D eigenvalue weighted by molar-refractivity contribution is -0.119. The first-order chi connectivity index (χ1) is 15.1. The minimum Gasteiger partial charge on any atom is -0.493 e. The van der Waals surface area contributed by atoms with E-state index in [2.05, 4.69) is 10.6 Å². The lowest BCUT2D eigenvalue weighted by Crippen LogP contribution is -2.31. The molecule has 0 heterocycles. The smallest absolute Gasteiger partial charge is 0.239 e. The van der Waals surface area contributed by atoms with E-state index in [1.54, 1.807) is 26.4 Å². The number of methoxy groups -OCH3 is 2. The van der Waals surface area contributed by atoms with Crippen molar-refractivity contribution >= 4 is 23.2 Å². The zero-order valence-electron chi connectivity index (χ0n) is 17.5. The Labute approximate surface area is 187 Å². The number of halogens is 1. The lowest BCUT2D eigenvalue weighted by atomic mass is 10.1. The molecule has 3 rings (SSSR count). The van der Waals surface area contributed by atoms with Gasteiger partial charge < -0.3 is 24.8 Å². The number of nitrogens with one attached hydrogen (secondary N) is 2. The predicted molar refractivity (Wildman–Crippen MR) is 123 cm³/mol. The monoisotopic (exact) mass is 440 g/mol. The van der Waals surface area contributed by atoms with Crippen LogP contribution in [0, 0.1) is 0 Å². The topological polar surface area (TPSA) is 68.8 Å². The summed E-state index contributed by atoms with van der Waals surface area (Å²) in [6, 6.07) is 20.4. The summed E-state index contributed by atoms with van der Waals surface area (Å²) < 4.78 is 16.5. The van der Waals surface area contributed by atoms with E-state index in [1.807, 2.05) is 54.6 Å². The Balaban J connectivity index is 1.51. The van der Waals surface area contributed by atoms with Gasteiger partial charge in [0, 0.05) is 6.54 Å². The van der Waals surface area contributed by atoms with Crippen molar-refractivity contribution in [3.05, 3.63) is 77.3 Å². The van der Waals surface area contributed by atoms with Crippen LogP contribution in [0.2, 0.25) is 5.02 Å². The first kappa shape index (κ1) is 22.3. The highest BCUT2D eigenvalue weighted by atomic mass is 35.5. The number of carbonyl (C=O) groups is 1. The van der Waals surface area contributed by atoms with Crippen LogP contribution in [0.5, 0.6) is 23.0 Å². The largest absolute Gasteiger partial charge is 0.493 e. The molecule has 31 heavy (non-hydrogen) atoms. The Morgan fingerprint density at radius 2 is 1.58 bits per heavy atom. The molecule has 0 fully saturated rings. The molecule has 0 aliphatic rings. The van der Waals surface area contributed by atoms with Crippen LogP contribution in [0.25, 0.3) is 0 Å². The van der Waals surface area contributed by atoms with Crippen LogP contribution >= 0.6 is 11.6 Å². The fourth-order valence-corrected chi connectivity index (χ4v) is 3.14. The van der Waals surface area contributed by atoms with Gasteiger partial charge in [0.1, 0.15) is 5.75 Å². The number of hydrogen-bond donors (Lipinski definition) is 2. The summed E-state index contributed by atoms with van der Waals surface area (Å²) in [5.74, 6) is 2.37. The van der Waals surface area contributed by atoms with E-state index in [0.29, 0.717) is 46.7 Å². The molecule has 0 atom stereocenters. The van der Waals surface area contributed by atoms with Gasteiger partial charge in [-0.15, -0.1) is 0 Å². The lowest BCUT2D eigenvalue weighted by Gasteiger charge is -2.14. The molecule has 0 aliphatic heterocycles. The van der Waals surface area contributed by atoms with E-state index in [4.69, 9.17) is 25.8 Å². The van der Waals surface area contributed by atoms with Crippen molar-refractivity contribution in [1.29, 1.82) is 0 Å². The van der Waals surface area contributed by atoms with E-state index < -0.39 is 0 Å². The molecule has 0 aliphatic carbocycles. The minimum atomic E-state index is -0.118. The molecule has 0 aromatic heterocycles. The van der Waals surface area contributed by atoms with Crippen molar-refractivity contribution in [1.82, 2.24) is 5.32 Å². The van der Waals surface area contributed by atoms with Crippen molar-refractivity contribution in [3.63, 3.8) is 0 Å². The van der Waals surface area contributed by atoms with Crippen molar-refractivity contribution in [2.24, 2.45) is 0 Å². The number of ether oxygens (including phenoxy) is 3. The molecule has 162 valence electrons. The summed E-state index contributed by atoms with van der Waals surface area (Å²) in [6.45, 7) is 0.628. The number of benzene rings is 3. The van der Waals surface area contributed by atoms with Gasteiger partial charge in [0.15, 0.2) is 17.2 Å². The number of carbonyl (C=O) groups excluding carboxylic acids is 1. The summed E-state index contributed by atoms with van der Waals surface area (Å²) >= 11 is 6.17.